The number of amides is 2. The Morgan fingerprint density at radius 2 is 1.89 bits per heavy atom. The van der Waals surface area contributed by atoms with E-state index >= 15 is 0 Å². The fourth-order valence-corrected chi connectivity index (χ4v) is 5.30. The lowest BCUT2D eigenvalue weighted by atomic mass is 9.93. The number of nitrogens with one attached hydrogen (secondary N) is 2. The van der Waals surface area contributed by atoms with Gasteiger partial charge in [0.25, 0.3) is 5.91 Å². The van der Waals surface area contributed by atoms with E-state index in [1.807, 2.05) is 30.3 Å². The summed E-state index contributed by atoms with van der Waals surface area (Å²) >= 11 is 1.59. The van der Waals surface area contributed by atoms with Gasteiger partial charge in [0, 0.05) is 17.3 Å². The average molecular weight is 395 g/mol. The van der Waals surface area contributed by atoms with Crippen molar-refractivity contribution in [1.82, 2.24) is 5.32 Å². The van der Waals surface area contributed by atoms with Crippen LogP contribution < -0.4 is 10.6 Å². The molecule has 2 aliphatic rings. The number of aryl methyl sites for hydroxylation is 1. The highest BCUT2D eigenvalue weighted by Crippen LogP contribution is 2.38. The first-order valence-corrected chi connectivity index (χ1v) is 11.0. The molecule has 2 N–H and O–H groups in total. The Morgan fingerprint density at radius 1 is 1.07 bits per heavy atom. The van der Waals surface area contributed by atoms with E-state index in [0.717, 1.165) is 61.1 Å². The Kier molecular flexibility index (Phi) is 5.91. The highest BCUT2D eigenvalue weighted by Gasteiger charge is 2.28. The van der Waals surface area contributed by atoms with Crippen molar-refractivity contribution in [2.75, 3.05) is 5.32 Å². The van der Waals surface area contributed by atoms with E-state index in [1.165, 1.54) is 4.88 Å². The van der Waals surface area contributed by atoms with E-state index in [9.17, 15) is 9.59 Å². The predicted octanol–water partition coefficient (Wildman–Crippen LogP) is 4.85. The molecule has 1 aromatic carbocycles. The number of benzene rings is 1. The van der Waals surface area contributed by atoms with Crippen LogP contribution in [0, 0.1) is 5.92 Å². The molecule has 0 saturated heterocycles. The van der Waals surface area contributed by atoms with Crippen LogP contribution in [0.5, 0.6) is 0 Å². The first kappa shape index (κ1) is 18.9. The number of allylic oxidation sites excluding steroid dienone is 2. The van der Waals surface area contributed by atoms with Crippen molar-refractivity contribution < 1.29 is 9.59 Å². The Balaban J connectivity index is 1.54. The van der Waals surface area contributed by atoms with E-state index in [1.54, 1.807) is 11.3 Å². The van der Waals surface area contributed by atoms with Crippen molar-refractivity contribution in [2.24, 2.45) is 5.92 Å². The van der Waals surface area contributed by atoms with Crippen molar-refractivity contribution in [1.29, 1.82) is 0 Å². The normalized spacial score (nSPS) is 18.4. The Morgan fingerprint density at radius 3 is 2.68 bits per heavy atom. The first-order valence-electron chi connectivity index (χ1n) is 10.1. The van der Waals surface area contributed by atoms with E-state index in [2.05, 4.69) is 22.8 Å². The van der Waals surface area contributed by atoms with Crippen molar-refractivity contribution in [2.45, 2.75) is 51.5 Å². The van der Waals surface area contributed by atoms with E-state index < -0.39 is 0 Å². The number of carbonyl (C=O) groups excluding carboxylic acids is 2. The lowest BCUT2D eigenvalue weighted by molar-refractivity contribution is -0.120. The molecule has 2 amide bonds. The third kappa shape index (κ3) is 4.20. The summed E-state index contributed by atoms with van der Waals surface area (Å²) in [7, 11) is 0. The molecule has 0 fully saturated rings. The van der Waals surface area contributed by atoms with Crippen molar-refractivity contribution in [3.05, 3.63) is 64.1 Å². The molecular weight excluding hydrogens is 368 g/mol. The van der Waals surface area contributed by atoms with Crippen LogP contribution in [0.4, 0.5) is 5.00 Å². The van der Waals surface area contributed by atoms with Gasteiger partial charge < -0.3 is 10.6 Å². The molecule has 0 saturated carbocycles. The zero-order chi connectivity index (χ0) is 19.3. The highest BCUT2D eigenvalue weighted by molar-refractivity contribution is 7.17. The minimum atomic E-state index is -0.0814. The number of rotatable bonds is 5. The predicted molar refractivity (Wildman–Crippen MR) is 114 cm³/mol. The minimum Gasteiger partial charge on any atom is -0.348 e. The molecule has 0 aliphatic heterocycles. The molecule has 1 atom stereocenters. The van der Waals surface area contributed by atoms with Crippen LogP contribution in [-0.2, 0) is 24.2 Å². The van der Waals surface area contributed by atoms with Gasteiger partial charge in [0.15, 0.2) is 0 Å². The van der Waals surface area contributed by atoms with Gasteiger partial charge in [0.1, 0.15) is 5.00 Å². The van der Waals surface area contributed by atoms with E-state index in [0.29, 0.717) is 12.1 Å². The number of carbonyl (C=O) groups is 2. The largest absolute Gasteiger partial charge is 0.348 e. The molecule has 5 heteroatoms. The van der Waals surface area contributed by atoms with Crippen molar-refractivity contribution in [3.8, 4) is 0 Å². The average Bonchev–Trinajstić information content (AvgIpc) is 3.11. The number of anilines is 1. The number of hydrogen-bond acceptors (Lipinski definition) is 3. The van der Waals surface area contributed by atoms with Gasteiger partial charge in [-0.15, -0.1) is 11.3 Å². The quantitative estimate of drug-likeness (QED) is 0.712. The molecule has 2 aliphatic carbocycles. The van der Waals surface area contributed by atoms with Gasteiger partial charge in [-0.05, 0) is 56.1 Å². The molecule has 1 heterocycles. The van der Waals surface area contributed by atoms with E-state index in [4.69, 9.17) is 0 Å². The second-order valence-electron chi connectivity index (χ2n) is 7.55. The van der Waals surface area contributed by atoms with Gasteiger partial charge in [-0.1, -0.05) is 42.5 Å². The van der Waals surface area contributed by atoms with Crippen molar-refractivity contribution >= 4 is 28.2 Å². The maximum absolute atomic E-state index is 13.1. The van der Waals surface area contributed by atoms with Crippen LogP contribution in [0.1, 0.15) is 58.5 Å². The third-order valence-corrected chi connectivity index (χ3v) is 6.78. The van der Waals surface area contributed by atoms with Crippen LogP contribution in [0.15, 0.2) is 42.5 Å². The Bertz CT molecular complexity index is 886. The molecule has 0 bridgehead atoms. The van der Waals surface area contributed by atoms with Crippen LogP contribution in [-0.4, -0.2) is 11.8 Å². The molecule has 28 heavy (non-hydrogen) atoms. The summed E-state index contributed by atoms with van der Waals surface area (Å²) in [5.41, 5.74) is 2.90. The highest BCUT2D eigenvalue weighted by atomic mass is 32.1. The zero-order valence-corrected chi connectivity index (χ0v) is 16.8. The lowest BCUT2D eigenvalue weighted by Gasteiger charge is -2.17. The molecular formula is C23H26N2O2S. The maximum Gasteiger partial charge on any atom is 0.254 e. The summed E-state index contributed by atoms with van der Waals surface area (Å²) in [6, 6.07) is 9.91. The second-order valence-corrected chi connectivity index (χ2v) is 8.66. The summed E-state index contributed by atoms with van der Waals surface area (Å²) < 4.78 is 0. The molecule has 4 rings (SSSR count). The number of hydrogen-bond donors (Lipinski definition) is 2. The third-order valence-electron chi connectivity index (χ3n) is 5.57. The van der Waals surface area contributed by atoms with E-state index in [-0.39, 0.29) is 17.7 Å². The van der Waals surface area contributed by atoms with Gasteiger partial charge >= 0.3 is 0 Å². The van der Waals surface area contributed by atoms with Gasteiger partial charge in [0.05, 0.1) is 5.56 Å². The zero-order valence-electron chi connectivity index (χ0n) is 16.0. The van der Waals surface area contributed by atoms with Gasteiger partial charge in [-0.25, -0.2) is 0 Å². The fraction of sp³-hybridized carbons (Fsp3) is 0.391. The molecule has 2 aromatic rings. The fourth-order valence-electron chi connectivity index (χ4n) is 4.01. The molecule has 1 unspecified atom stereocenters. The standard InChI is InChI=1S/C23H26N2O2S/c26-21(17-11-5-2-6-12-17)25-23-20(18-13-7-8-14-19(18)28-23)22(27)24-15-16-9-3-1-4-10-16/h1-5,9-10,17H,6-8,11-15H2,(H,24,27)(H,25,26). The number of fused-ring (bicyclic) bond motifs is 1. The maximum atomic E-state index is 13.1. The summed E-state index contributed by atoms with van der Waals surface area (Å²) in [5.74, 6) is -0.0356. The summed E-state index contributed by atoms with van der Waals surface area (Å²) in [6.07, 6.45) is 11.0. The molecule has 146 valence electrons. The van der Waals surface area contributed by atoms with Crippen LogP contribution in [0.2, 0.25) is 0 Å². The minimum absolute atomic E-state index is 0.00404. The topological polar surface area (TPSA) is 58.2 Å². The van der Waals surface area contributed by atoms with Gasteiger partial charge in [0.2, 0.25) is 5.91 Å². The molecule has 0 spiro atoms. The van der Waals surface area contributed by atoms with Gasteiger partial charge in [-0.2, -0.15) is 0 Å². The Hall–Kier alpha value is -2.40. The summed E-state index contributed by atoms with van der Waals surface area (Å²) in [4.78, 5) is 27.1. The van der Waals surface area contributed by atoms with Crippen LogP contribution in [0.25, 0.3) is 0 Å². The first-order chi connectivity index (χ1) is 13.7. The monoisotopic (exact) mass is 394 g/mol. The summed E-state index contributed by atoms with van der Waals surface area (Å²) in [6.45, 7) is 0.491. The van der Waals surface area contributed by atoms with Crippen molar-refractivity contribution in [3.63, 3.8) is 0 Å². The number of thiophene rings is 1. The van der Waals surface area contributed by atoms with Crippen LogP contribution >= 0.6 is 11.3 Å². The summed E-state index contributed by atoms with van der Waals surface area (Å²) in [5, 5.41) is 6.88. The SMILES string of the molecule is O=C(NCc1ccccc1)c1c(NC(=O)C2CC=CCC2)sc2c1CCCC2. The molecule has 1 aromatic heterocycles. The Labute approximate surface area is 170 Å². The van der Waals surface area contributed by atoms with Gasteiger partial charge in [-0.3, -0.25) is 9.59 Å². The smallest absolute Gasteiger partial charge is 0.254 e. The lowest BCUT2D eigenvalue weighted by Crippen LogP contribution is -2.27. The molecule has 0 radical (unpaired) electrons. The van der Waals surface area contributed by atoms with Crippen LogP contribution in [0.3, 0.4) is 0 Å². The second kappa shape index (κ2) is 8.74. The molecule has 4 nitrogen and oxygen atoms in total.